The molecule has 1 aliphatic heterocycles. The number of thioether (sulfide) groups is 1. The average molecular weight is 417 g/mol. The number of pyridine rings is 1. The van der Waals surface area contributed by atoms with E-state index in [2.05, 4.69) is 15.2 Å². The van der Waals surface area contributed by atoms with Crippen LogP contribution in [0.1, 0.15) is 46.4 Å². The second-order valence-electron chi connectivity index (χ2n) is 7.62. The van der Waals surface area contributed by atoms with Crippen molar-refractivity contribution in [1.29, 1.82) is 0 Å². The lowest BCUT2D eigenvalue weighted by molar-refractivity contribution is -0.132. The standard InChI is InChI=1S/C20H28N6O2S/c1-14(2)25(15(3)4)19(28)13-29-20-23-22-17(12-24-11-7-9-18(24)27)26(20)16-8-5-6-10-21-16/h5-6,8,10,14-15H,7,9,11-13H2,1-4H3. The van der Waals surface area contributed by atoms with Gasteiger partial charge in [0.1, 0.15) is 5.82 Å². The Labute approximate surface area is 175 Å². The summed E-state index contributed by atoms with van der Waals surface area (Å²) in [5, 5.41) is 9.23. The summed E-state index contributed by atoms with van der Waals surface area (Å²) in [6.07, 6.45) is 3.15. The van der Waals surface area contributed by atoms with Gasteiger partial charge in [-0.25, -0.2) is 4.98 Å². The molecule has 1 aliphatic rings. The van der Waals surface area contributed by atoms with Gasteiger partial charge in [0.2, 0.25) is 11.8 Å². The van der Waals surface area contributed by atoms with E-state index in [1.807, 2.05) is 55.4 Å². The molecule has 156 valence electrons. The van der Waals surface area contributed by atoms with Gasteiger partial charge in [0, 0.05) is 31.2 Å². The molecule has 0 atom stereocenters. The quantitative estimate of drug-likeness (QED) is 0.615. The van der Waals surface area contributed by atoms with E-state index in [1.54, 1.807) is 11.1 Å². The zero-order valence-electron chi connectivity index (χ0n) is 17.4. The smallest absolute Gasteiger partial charge is 0.233 e. The van der Waals surface area contributed by atoms with Gasteiger partial charge in [-0.3, -0.25) is 14.2 Å². The lowest BCUT2D eigenvalue weighted by Crippen LogP contribution is -2.43. The van der Waals surface area contributed by atoms with E-state index in [0.717, 1.165) is 13.0 Å². The van der Waals surface area contributed by atoms with Crippen molar-refractivity contribution in [3.63, 3.8) is 0 Å². The van der Waals surface area contributed by atoms with Crippen LogP contribution in [0.2, 0.25) is 0 Å². The molecule has 2 aromatic heterocycles. The highest BCUT2D eigenvalue weighted by molar-refractivity contribution is 7.99. The third-order valence-electron chi connectivity index (χ3n) is 4.81. The van der Waals surface area contributed by atoms with Gasteiger partial charge in [0.05, 0.1) is 12.3 Å². The van der Waals surface area contributed by atoms with Gasteiger partial charge in [-0.2, -0.15) is 0 Å². The summed E-state index contributed by atoms with van der Waals surface area (Å²) in [6, 6.07) is 5.88. The first-order valence-corrected chi connectivity index (χ1v) is 10.9. The van der Waals surface area contributed by atoms with Crippen molar-refractivity contribution in [3.05, 3.63) is 30.2 Å². The molecule has 3 rings (SSSR count). The first-order chi connectivity index (χ1) is 13.9. The summed E-state index contributed by atoms with van der Waals surface area (Å²) in [5.41, 5.74) is 0. The molecule has 1 saturated heterocycles. The third kappa shape index (κ3) is 4.95. The molecular weight excluding hydrogens is 388 g/mol. The molecule has 1 fully saturated rings. The first-order valence-electron chi connectivity index (χ1n) is 9.96. The highest BCUT2D eigenvalue weighted by Crippen LogP contribution is 2.24. The monoisotopic (exact) mass is 416 g/mol. The van der Waals surface area contributed by atoms with Gasteiger partial charge in [-0.1, -0.05) is 17.8 Å². The largest absolute Gasteiger partial charge is 0.337 e. The summed E-state index contributed by atoms with van der Waals surface area (Å²) in [7, 11) is 0. The predicted molar refractivity (Wildman–Crippen MR) is 112 cm³/mol. The van der Waals surface area contributed by atoms with Crippen molar-refractivity contribution < 1.29 is 9.59 Å². The Hall–Kier alpha value is -2.42. The third-order valence-corrected chi connectivity index (χ3v) is 5.72. The summed E-state index contributed by atoms with van der Waals surface area (Å²) >= 11 is 1.35. The Balaban J connectivity index is 1.83. The minimum Gasteiger partial charge on any atom is -0.337 e. The van der Waals surface area contributed by atoms with Crippen LogP contribution in [0.15, 0.2) is 29.6 Å². The van der Waals surface area contributed by atoms with Crippen LogP contribution in [-0.2, 0) is 16.1 Å². The molecule has 0 aromatic carbocycles. The minimum atomic E-state index is 0.0619. The second-order valence-corrected chi connectivity index (χ2v) is 8.56. The van der Waals surface area contributed by atoms with E-state index in [1.165, 1.54) is 11.8 Å². The maximum absolute atomic E-state index is 12.8. The van der Waals surface area contributed by atoms with Crippen LogP contribution in [0, 0.1) is 0 Å². The van der Waals surface area contributed by atoms with Gasteiger partial charge in [-0.05, 0) is 46.2 Å². The number of hydrogen-bond acceptors (Lipinski definition) is 6. The van der Waals surface area contributed by atoms with Gasteiger partial charge in [-0.15, -0.1) is 10.2 Å². The van der Waals surface area contributed by atoms with Crippen LogP contribution in [0.25, 0.3) is 5.82 Å². The van der Waals surface area contributed by atoms with Crippen molar-refractivity contribution in [1.82, 2.24) is 29.5 Å². The number of nitrogens with zero attached hydrogens (tertiary/aromatic N) is 6. The lowest BCUT2D eigenvalue weighted by atomic mass is 10.2. The normalized spacial score (nSPS) is 14.3. The van der Waals surface area contributed by atoms with Crippen LogP contribution < -0.4 is 0 Å². The number of rotatable bonds is 8. The molecule has 0 radical (unpaired) electrons. The molecule has 3 heterocycles. The molecule has 8 nitrogen and oxygen atoms in total. The number of carbonyl (C=O) groups is 2. The van der Waals surface area contributed by atoms with Gasteiger partial charge < -0.3 is 9.80 Å². The molecule has 0 bridgehead atoms. The lowest BCUT2D eigenvalue weighted by Gasteiger charge is -2.30. The van der Waals surface area contributed by atoms with Gasteiger partial charge >= 0.3 is 0 Å². The highest BCUT2D eigenvalue weighted by Gasteiger charge is 2.26. The predicted octanol–water partition coefficient (Wildman–Crippen LogP) is 2.52. The summed E-state index contributed by atoms with van der Waals surface area (Å²) < 4.78 is 1.85. The fraction of sp³-hybridized carbons (Fsp3) is 0.550. The zero-order valence-corrected chi connectivity index (χ0v) is 18.2. The fourth-order valence-electron chi connectivity index (χ4n) is 3.63. The van der Waals surface area contributed by atoms with Gasteiger partial charge in [0.15, 0.2) is 11.0 Å². The summed E-state index contributed by atoms with van der Waals surface area (Å²) in [4.78, 5) is 32.9. The van der Waals surface area contributed by atoms with E-state index >= 15 is 0 Å². The molecule has 0 saturated carbocycles. The Morgan fingerprint density at radius 1 is 1.21 bits per heavy atom. The number of likely N-dealkylation sites (tertiary alicyclic amines) is 1. The van der Waals surface area contributed by atoms with Crippen LogP contribution in [0.3, 0.4) is 0 Å². The minimum absolute atomic E-state index is 0.0619. The Kier molecular flexibility index (Phi) is 6.89. The molecule has 2 aromatic rings. The first kappa shape index (κ1) is 21.3. The average Bonchev–Trinajstić information content (AvgIpc) is 3.26. The van der Waals surface area contributed by atoms with Crippen LogP contribution in [-0.4, -0.2) is 65.7 Å². The molecule has 0 spiro atoms. The maximum Gasteiger partial charge on any atom is 0.233 e. The Morgan fingerprint density at radius 2 is 1.97 bits per heavy atom. The summed E-state index contributed by atoms with van der Waals surface area (Å²) in [5.74, 6) is 1.79. The maximum atomic E-state index is 12.8. The molecule has 0 unspecified atom stereocenters. The highest BCUT2D eigenvalue weighted by atomic mass is 32.2. The van der Waals surface area contributed by atoms with Crippen molar-refractivity contribution in [3.8, 4) is 5.82 Å². The molecule has 0 aliphatic carbocycles. The van der Waals surface area contributed by atoms with Crippen LogP contribution in [0.5, 0.6) is 0 Å². The molecule has 2 amide bonds. The second kappa shape index (κ2) is 9.39. The van der Waals surface area contributed by atoms with E-state index in [0.29, 0.717) is 29.8 Å². The Morgan fingerprint density at radius 3 is 2.55 bits per heavy atom. The number of carbonyl (C=O) groups excluding carboxylic acids is 2. The topological polar surface area (TPSA) is 84.2 Å². The van der Waals surface area contributed by atoms with E-state index < -0.39 is 0 Å². The number of aromatic nitrogens is 4. The van der Waals surface area contributed by atoms with Crippen LogP contribution >= 0.6 is 11.8 Å². The van der Waals surface area contributed by atoms with E-state index in [9.17, 15) is 9.59 Å². The molecular formula is C20H28N6O2S. The molecule has 29 heavy (non-hydrogen) atoms. The number of amides is 2. The SMILES string of the molecule is CC(C)N(C(=O)CSc1nnc(CN2CCCC2=O)n1-c1ccccn1)C(C)C. The molecule has 9 heteroatoms. The van der Waals surface area contributed by atoms with E-state index in [-0.39, 0.29) is 29.7 Å². The van der Waals surface area contributed by atoms with E-state index in [4.69, 9.17) is 0 Å². The van der Waals surface area contributed by atoms with Gasteiger partial charge in [0.25, 0.3) is 0 Å². The molecule has 0 N–H and O–H groups in total. The zero-order chi connectivity index (χ0) is 21.0. The van der Waals surface area contributed by atoms with Crippen molar-refractivity contribution in [2.75, 3.05) is 12.3 Å². The number of hydrogen-bond donors (Lipinski definition) is 0. The fourth-order valence-corrected chi connectivity index (χ4v) is 4.46. The Bertz CT molecular complexity index is 844. The van der Waals surface area contributed by atoms with Crippen molar-refractivity contribution in [2.45, 2.75) is 64.3 Å². The summed E-state index contributed by atoms with van der Waals surface area (Å²) in [6.45, 7) is 9.19. The van der Waals surface area contributed by atoms with Crippen molar-refractivity contribution in [2.24, 2.45) is 0 Å². The van der Waals surface area contributed by atoms with Crippen molar-refractivity contribution >= 4 is 23.6 Å². The van der Waals surface area contributed by atoms with Crippen LogP contribution in [0.4, 0.5) is 0 Å².